The first-order chi connectivity index (χ1) is 6.77. The summed E-state index contributed by atoms with van der Waals surface area (Å²) in [7, 11) is 0. The Balaban J connectivity index is 2.85. The van der Waals surface area contributed by atoms with Gasteiger partial charge in [-0.1, -0.05) is 40.6 Å². The second-order valence-corrected chi connectivity index (χ2v) is 2.92. The number of nitrogens with zero attached hydrogens (tertiary/aromatic N) is 2. The van der Waals surface area contributed by atoms with Gasteiger partial charge in [0.05, 0.1) is 11.4 Å². The highest BCUT2D eigenvalue weighted by molar-refractivity contribution is 6.11. The summed E-state index contributed by atoms with van der Waals surface area (Å²) < 4.78 is 0. The van der Waals surface area contributed by atoms with Crippen LogP contribution in [0.5, 0.6) is 0 Å². The van der Waals surface area contributed by atoms with Gasteiger partial charge in [-0.3, -0.25) is 0 Å². The summed E-state index contributed by atoms with van der Waals surface area (Å²) in [4.78, 5) is 0. The topological polar surface area (TPSA) is 65.2 Å². The lowest BCUT2D eigenvalue weighted by Crippen LogP contribution is -2.06. The first kappa shape index (κ1) is 10.2. The summed E-state index contributed by atoms with van der Waals surface area (Å²) in [6.07, 6.45) is 0.330. The van der Waals surface area contributed by atoms with Gasteiger partial charge in [0, 0.05) is 6.42 Å². The van der Waals surface area contributed by atoms with Crippen molar-refractivity contribution in [1.82, 2.24) is 0 Å². The van der Waals surface area contributed by atoms with Gasteiger partial charge in [-0.05, 0) is 12.5 Å². The molecule has 4 nitrogen and oxygen atoms in total. The van der Waals surface area contributed by atoms with E-state index in [2.05, 4.69) is 10.3 Å². The molecule has 0 fully saturated rings. The first-order valence-corrected chi connectivity index (χ1v) is 4.22. The van der Waals surface area contributed by atoms with Gasteiger partial charge in [0.25, 0.3) is 0 Å². The van der Waals surface area contributed by atoms with Crippen LogP contribution in [0, 0.1) is 0 Å². The molecule has 1 aromatic carbocycles. The molecule has 4 heteroatoms. The fourth-order valence-corrected chi connectivity index (χ4v) is 1.10. The molecule has 0 aliphatic carbocycles. The lowest BCUT2D eigenvalue weighted by molar-refractivity contribution is 0.315. The van der Waals surface area contributed by atoms with Crippen molar-refractivity contribution in [3.63, 3.8) is 0 Å². The minimum Gasteiger partial charge on any atom is -0.411 e. The second-order valence-electron chi connectivity index (χ2n) is 2.92. The van der Waals surface area contributed by atoms with Crippen molar-refractivity contribution >= 4 is 11.4 Å². The van der Waals surface area contributed by atoms with Crippen molar-refractivity contribution in [2.75, 3.05) is 0 Å². The molecule has 0 heterocycles. The summed E-state index contributed by atoms with van der Waals surface area (Å²) >= 11 is 0. The Morgan fingerprint density at radius 3 is 2.29 bits per heavy atom. The molecule has 2 N–H and O–H groups in total. The monoisotopic (exact) mass is 192 g/mol. The lowest BCUT2D eigenvalue weighted by Gasteiger charge is -2.02. The predicted molar refractivity (Wildman–Crippen MR) is 54.3 cm³/mol. The van der Waals surface area contributed by atoms with Crippen LogP contribution in [0.3, 0.4) is 0 Å². The molecule has 0 amide bonds. The SMILES string of the molecule is CC(CC(=NO)c1ccccc1)=NO. The fourth-order valence-electron chi connectivity index (χ4n) is 1.10. The summed E-state index contributed by atoms with van der Waals surface area (Å²) in [6.45, 7) is 1.66. The fraction of sp³-hybridized carbons (Fsp3) is 0.200. The van der Waals surface area contributed by atoms with Crippen LogP contribution in [-0.2, 0) is 0 Å². The van der Waals surface area contributed by atoms with Gasteiger partial charge in [-0.25, -0.2) is 0 Å². The van der Waals surface area contributed by atoms with Crippen LogP contribution in [0.4, 0.5) is 0 Å². The molecule has 0 unspecified atom stereocenters. The van der Waals surface area contributed by atoms with Crippen LogP contribution in [-0.4, -0.2) is 21.8 Å². The van der Waals surface area contributed by atoms with Crippen LogP contribution in [0.1, 0.15) is 18.9 Å². The molecule has 74 valence electrons. The number of oxime groups is 2. The molecule has 0 spiro atoms. The molecule has 14 heavy (non-hydrogen) atoms. The van der Waals surface area contributed by atoms with E-state index in [4.69, 9.17) is 10.4 Å². The molecule has 0 atom stereocenters. The van der Waals surface area contributed by atoms with E-state index in [0.717, 1.165) is 5.56 Å². The molecule has 0 aliphatic heterocycles. The summed E-state index contributed by atoms with van der Waals surface area (Å²) in [5.41, 5.74) is 1.81. The van der Waals surface area contributed by atoms with Crippen molar-refractivity contribution in [2.24, 2.45) is 10.3 Å². The zero-order valence-electron chi connectivity index (χ0n) is 7.88. The highest BCUT2D eigenvalue weighted by Gasteiger charge is 2.05. The molecule has 0 saturated heterocycles. The van der Waals surface area contributed by atoms with Crippen molar-refractivity contribution in [3.05, 3.63) is 35.9 Å². The Kier molecular flexibility index (Phi) is 3.67. The molecular weight excluding hydrogens is 180 g/mol. The molecule has 1 rings (SSSR count). The average molecular weight is 192 g/mol. The van der Waals surface area contributed by atoms with Crippen LogP contribution in [0.25, 0.3) is 0 Å². The third kappa shape index (κ3) is 2.58. The summed E-state index contributed by atoms with van der Waals surface area (Å²) in [5, 5.41) is 23.4. The molecule has 0 saturated carbocycles. The molecular formula is C10H12N2O2. The lowest BCUT2D eigenvalue weighted by atomic mass is 10.1. The third-order valence-electron chi connectivity index (χ3n) is 1.82. The average Bonchev–Trinajstić information content (AvgIpc) is 2.26. The van der Waals surface area contributed by atoms with Gasteiger partial charge in [-0.15, -0.1) is 0 Å². The number of benzene rings is 1. The molecule has 0 aliphatic rings. The Bertz CT molecular complexity index is 344. The zero-order chi connectivity index (χ0) is 10.4. The maximum Gasteiger partial charge on any atom is 0.0924 e. The van der Waals surface area contributed by atoms with E-state index in [1.165, 1.54) is 0 Å². The van der Waals surface area contributed by atoms with E-state index in [9.17, 15) is 0 Å². The van der Waals surface area contributed by atoms with Gasteiger partial charge in [0.2, 0.25) is 0 Å². The van der Waals surface area contributed by atoms with Crippen LogP contribution in [0.2, 0.25) is 0 Å². The van der Waals surface area contributed by atoms with Gasteiger partial charge >= 0.3 is 0 Å². The van der Waals surface area contributed by atoms with Crippen molar-refractivity contribution in [2.45, 2.75) is 13.3 Å². The Labute approximate surface area is 82.2 Å². The van der Waals surface area contributed by atoms with E-state index in [-0.39, 0.29) is 0 Å². The smallest absolute Gasteiger partial charge is 0.0924 e. The quantitative estimate of drug-likeness (QED) is 0.437. The van der Waals surface area contributed by atoms with Gasteiger partial charge in [0.15, 0.2) is 0 Å². The molecule has 1 aromatic rings. The molecule has 0 radical (unpaired) electrons. The maximum absolute atomic E-state index is 8.78. The van der Waals surface area contributed by atoms with Crippen molar-refractivity contribution in [3.8, 4) is 0 Å². The summed E-state index contributed by atoms with van der Waals surface area (Å²) in [6, 6.07) is 9.25. The standard InChI is InChI=1S/C10H12N2O2/c1-8(11-13)7-10(12-14)9-5-3-2-4-6-9/h2-6,13-14H,7H2,1H3. The Morgan fingerprint density at radius 1 is 1.14 bits per heavy atom. The van der Waals surface area contributed by atoms with Crippen LogP contribution >= 0.6 is 0 Å². The second kappa shape index (κ2) is 5.01. The molecule has 0 bridgehead atoms. The van der Waals surface area contributed by atoms with Gasteiger partial charge in [0.1, 0.15) is 0 Å². The summed E-state index contributed by atoms with van der Waals surface area (Å²) in [5.74, 6) is 0. The Hall–Kier alpha value is -1.84. The Morgan fingerprint density at radius 2 is 1.79 bits per heavy atom. The third-order valence-corrected chi connectivity index (χ3v) is 1.82. The number of hydrogen-bond acceptors (Lipinski definition) is 4. The van der Waals surface area contributed by atoms with Crippen molar-refractivity contribution in [1.29, 1.82) is 0 Å². The molecule has 0 aromatic heterocycles. The van der Waals surface area contributed by atoms with E-state index in [1.807, 2.05) is 30.3 Å². The van der Waals surface area contributed by atoms with Crippen LogP contribution in [0.15, 0.2) is 40.6 Å². The zero-order valence-corrected chi connectivity index (χ0v) is 7.88. The van der Waals surface area contributed by atoms with E-state index in [0.29, 0.717) is 17.8 Å². The minimum atomic E-state index is 0.330. The van der Waals surface area contributed by atoms with Crippen molar-refractivity contribution < 1.29 is 10.4 Å². The highest BCUT2D eigenvalue weighted by Crippen LogP contribution is 2.05. The largest absolute Gasteiger partial charge is 0.411 e. The van der Waals surface area contributed by atoms with Crippen LogP contribution < -0.4 is 0 Å². The van der Waals surface area contributed by atoms with E-state index >= 15 is 0 Å². The van der Waals surface area contributed by atoms with Gasteiger partial charge < -0.3 is 10.4 Å². The number of rotatable bonds is 3. The maximum atomic E-state index is 8.78. The highest BCUT2D eigenvalue weighted by atomic mass is 16.4. The minimum absolute atomic E-state index is 0.330. The van der Waals surface area contributed by atoms with E-state index < -0.39 is 0 Å². The number of hydrogen-bond donors (Lipinski definition) is 2. The van der Waals surface area contributed by atoms with E-state index in [1.54, 1.807) is 6.92 Å². The normalized spacial score (nSPS) is 12.9. The predicted octanol–water partition coefficient (Wildman–Crippen LogP) is 2.11. The first-order valence-electron chi connectivity index (χ1n) is 4.22. The van der Waals surface area contributed by atoms with Gasteiger partial charge in [-0.2, -0.15) is 0 Å².